The number of amides is 3. The van der Waals surface area contributed by atoms with E-state index in [4.69, 9.17) is 16.3 Å². The number of carbonyl (C=O) groups is 3. The van der Waals surface area contributed by atoms with Crippen molar-refractivity contribution >= 4 is 46.1 Å². The maximum atomic E-state index is 12.1. The standard InChI is InChI=1S/C18H15ClN2O5S/c19-11-2-4-12(5-3-11)26-9-16(23)20-13-7-10(1-6-14(13)22)8-15-17(24)21-18(25)27-15/h1-7,15,22H,8-9H2,(H,20,23)(H,21,24,25). The van der Waals surface area contributed by atoms with E-state index >= 15 is 0 Å². The molecule has 0 aliphatic carbocycles. The Morgan fingerprint density at radius 1 is 1.22 bits per heavy atom. The van der Waals surface area contributed by atoms with E-state index in [1.54, 1.807) is 36.4 Å². The van der Waals surface area contributed by atoms with E-state index in [-0.39, 0.29) is 29.2 Å². The molecular formula is C18H15ClN2O5S. The lowest BCUT2D eigenvalue weighted by molar-refractivity contribution is -0.119. The molecule has 1 heterocycles. The molecule has 2 aromatic rings. The zero-order valence-corrected chi connectivity index (χ0v) is 15.5. The van der Waals surface area contributed by atoms with Crippen LogP contribution in [0.2, 0.25) is 5.02 Å². The van der Waals surface area contributed by atoms with Gasteiger partial charge < -0.3 is 15.2 Å². The summed E-state index contributed by atoms with van der Waals surface area (Å²) in [5, 5.41) is 14.4. The number of anilines is 1. The number of benzene rings is 2. The van der Waals surface area contributed by atoms with E-state index in [0.717, 1.165) is 11.8 Å². The first-order valence-corrected chi connectivity index (χ1v) is 9.18. The molecule has 0 spiro atoms. The van der Waals surface area contributed by atoms with Gasteiger partial charge in [0.15, 0.2) is 6.61 Å². The molecule has 3 N–H and O–H groups in total. The van der Waals surface area contributed by atoms with Crippen LogP contribution in [0.4, 0.5) is 10.5 Å². The average molecular weight is 407 g/mol. The normalized spacial score (nSPS) is 16.1. The molecule has 27 heavy (non-hydrogen) atoms. The quantitative estimate of drug-likeness (QED) is 0.637. The van der Waals surface area contributed by atoms with E-state index in [1.165, 1.54) is 6.07 Å². The Kier molecular flexibility index (Phi) is 5.88. The molecule has 0 saturated carbocycles. The Morgan fingerprint density at radius 2 is 1.96 bits per heavy atom. The Hall–Kier alpha value is -2.71. The number of phenols is 1. The Balaban J connectivity index is 1.60. The van der Waals surface area contributed by atoms with Gasteiger partial charge in [0.2, 0.25) is 5.91 Å². The van der Waals surface area contributed by atoms with Gasteiger partial charge in [-0.25, -0.2) is 0 Å². The number of rotatable bonds is 6. The van der Waals surface area contributed by atoms with E-state index in [2.05, 4.69) is 10.6 Å². The van der Waals surface area contributed by atoms with Gasteiger partial charge in [0, 0.05) is 5.02 Å². The molecule has 0 aromatic heterocycles. The predicted octanol–water partition coefficient (Wildman–Crippen LogP) is 2.96. The van der Waals surface area contributed by atoms with Crippen LogP contribution in [0.15, 0.2) is 42.5 Å². The lowest BCUT2D eigenvalue weighted by Crippen LogP contribution is -2.25. The fourth-order valence-corrected chi connectivity index (χ4v) is 3.40. The van der Waals surface area contributed by atoms with Crippen LogP contribution < -0.4 is 15.4 Å². The van der Waals surface area contributed by atoms with Crippen molar-refractivity contribution < 1.29 is 24.2 Å². The van der Waals surface area contributed by atoms with Crippen LogP contribution in [-0.2, 0) is 16.0 Å². The number of thioether (sulfide) groups is 1. The van der Waals surface area contributed by atoms with E-state index in [0.29, 0.717) is 22.8 Å². The van der Waals surface area contributed by atoms with Gasteiger partial charge >= 0.3 is 0 Å². The number of nitrogens with one attached hydrogen (secondary N) is 2. The van der Waals surface area contributed by atoms with E-state index in [1.807, 2.05) is 0 Å². The zero-order valence-electron chi connectivity index (χ0n) is 13.9. The number of hydrogen-bond donors (Lipinski definition) is 3. The van der Waals surface area contributed by atoms with Crippen LogP contribution in [0.3, 0.4) is 0 Å². The van der Waals surface area contributed by atoms with Crippen molar-refractivity contribution in [2.45, 2.75) is 11.7 Å². The minimum absolute atomic E-state index is 0.113. The van der Waals surface area contributed by atoms with Crippen molar-refractivity contribution in [1.29, 1.82) is 0 Å². The molecule has 2 aromatic carbocycles. The Bertz CT molecular complexity index is 888. The minimum Gasteiger partial charge on any atom is -0.506 e. The number of carbonyl (C=O) groups excluding carboxylic acids is 3. The van der Waals surface area contributed by atoms with Crippen LogP contribution in [0.5, 0.6) is 11.5 Å². The van der Waals surface area contributed by atoms with Crippen LogP contribution >= 0.6 is 23.4 Å². The van der Waals surface area contributed by atoms with Crippen LogP contribution in [-0.4, -0.2) is 34.0 Å². The summed E-state index contributed by atoms with van der Waals surface area (Å²) in [4.78, 5) is 35.0. The topological polar surface area (TPSA) is 105 Å². The second-order valence-corrected chi connectivity index (χ2v) is 7.34. The SMILES string of the molecule is O=C(COc1ccc(Cl)cc1)Nc1cc(CC2SC(=O)NC2=O)ccc1O. The predicted molar refractivity (Wildman–Crippen MR) is 102 cm³/mol. The summed E-state index contributed by atoms with van der Waals surface area (Å²) in [7, 11) is 0. The first kappa shape index (κ1) is 19.1. The first-order valence-electron chi connectivity index (χ1n) is 7.92. The molecule has 0 bridgehead atoms. The molecule has 1 saturated heterocycles. The summed E-state index contributed by atoms with van der Waals surface area (Å²) in [6, 6.07) is 11.2. The van der Waals surface area contributed by atoms with Crippen LogP contribution in [0, 0.1) is 0 Å². The molecular weight excluding hydrogens is 392 g/mol. The number of hydrogen-bond acceptors (Lipinski definition) is 6. The fraction of sp³-hybridized carbons (Fsp3) is 0.167. The largest absolute Gasteiger partial charge is 0.506 e. The van der Waals surface area contributed by atoms with Crippen LogP contribution in [0.1, 0.15) is 5.56 Å². The van der Waals surface area contributed by atoms with Crippen molar-refractivity contribution in [3.8, 4) is 11.5 Å². The molecule has 1 unspecified atom stereocenters. The lowest BCUT2D eigenvalue weighted by Gasteiger charge is -2.11. The summed E-state index contributed by atoms with van der Waals surface area (Å²) in [5.74, 6) is -0.430. The summed E-state index contributed by atoms with van der Waals surface area (Å²) in [6.07, 6.45) is 0.298. The van der Waals surface area contributed by atoms with Crippen molar-refractivity contribution in [2.24, 2.45) is 0 Å². The smallest absolute Gasteiger partial charge is 0.286 e. The molecule has 1 aliphatic heterocycles. The summed E-state index contributed by atoms with van der Waals surface area (Å²) >= 11 is 6.70. The summed E-state index contributed by atoms with van der Waals surface area (Å²) in [5.41, 5.74) is 0.899. The molecule has 9 heteroatoms. The molecule has 3 amide bonds. The van der Waals surface area contributed by atoms with Crippen molar-refractivity contribution in [1.82, 2.24) is 5.32 Å². The minimum atomic E-state index is -0.529. The third-order valence-electron chi connectivity index (χ3n) is 3.71. The van der Waals surface area contributed by atoms with Gasteiger partial charge in [-0.1, -0.05) is 29.4 Å². The summed E-state index contributed by atoms with van der Waals surface area (Å²) < 4.78 is 5.35. The number of halogens is 1. The van der Waals surface area contributed by atoms with Crippen LogP contribution in [0.25, 0.3) is 0 Å². The number of phenolic OH excluding ortho intramolecular Hbond substituents is 1. The monoisotopic (exact) mass is 406 g/mol. The molecule has 1 aliphatic rings. The number of imide groups is 1. The van der Waals surface area contributed by atoms with Crippen molar-refractivity contribution in [3.63, 3.8) is 0 Å². The average Bonchev–Trinajstić information content (AvgIpc) is 2.94. The second-order valence-electron chi connectivity index (χ2n) is 5.73. The Labute approximate surface area is 164 Å². The highest BCUT2D eigenvalue weighted by atomic mass is 35.5. The van der Waals surface area contributed by atoms with E-state index in [9.17, 15) is 19.5 Å². The van der Waals surface area contributed by atoms with Crippen molar-refractivity contribution in [3.05, 3.63) is 53.1 Å². The highest BCUT2D eigenvalue weighted by Gasteiger charge is 2.31. The van der Waals surface area contributed by atoms with Gasteiger partial charge in [-0.2, -0.15) is 0 Å². The maximum Gasteiger partial charge on any atom is 0.286 e. The molecule has 0 radical (unpaired) electrons. The molecule has 1 fully saturated rings. The van der Waals surface area contributed by atoms with E-state index < -0.39 is 11.2 Å². The highest BCUT2D eigenvalue weighted by Crippen LogP contribution is 2.28. The number of ether oxygens (including phenoxy) is 1. The van der Waals surface area contributed by atoms with Gasteiger partial charge in [-0.3, -0.25) is 19.7 Å². The molecule has 7 nitrogen and oxygen atoms in total. The van der Waals surface area contributed by atoms with Gasteiger partial charge in [0.1, 0.15) is 11.5 Å². The lowest BCUT2D eigenvalue weighted by atomic mass is 10.1. The van der Waals surface area contributed by atoms with Gasteiger partial charge in [-0.05, 0) is 48.4 Å². The zero-order chi connectivity index (χ0) is 19.4. The third kappa shape index (κ3) is 5.15. The van der Waals surface area contributed by atoms with Gasteiger partial charge in [-0.15, -0.1) is 0 Å². The fourth-order valence-electron chi connectivity index (χ4n) is 2.42. The first-order chi connectivity index (χ1) is 12.9. The van der Waals surface area contributed by atoms with Gasteiger partial charge in [0.25, 0.3) is 11.1 Å². The molecule has 1 atom stereocenters. The maximum absolute atomic E-state index is 12.1. The van der Waals surface area contributed by atoms with Crippen molar-refractivity contribution in [2.75, 3.05) is 11.9 Å². The molecule has 140 valence electrons. The summed E-state index contributed by atoms with van der Waals surface area (Å²) in [6.45, 7) is -0.249. The highest BCUT2D eigenvalue weighted by molar-refractivity contribution is 8.15. The third-order valence-corrected chi connectivity index (χ3v) is 4.94. The molecule has 3 rings (SSSR count). The van der Waals surface area contributed by atoms with Gasteiger partial charge in [0.05, 0.1) is 10.9 Å². The number of aromatic hydroxyl groups is 1. The Morgan fingerprint density at radius 3 is 2.63 bits per heavy atom. The second kappa shape index (κ2) is 8.32.